The molecule has 0 bridgehead atoms. The Hall–Kier alpha value is -0.201. The third-order valence-corrected chi connectivity index (χ3v) is 2.20. The van der Waals surface area contributed by atoms with Gasteiger partial charge in [-0.15, -0.1) is 0 Å². The summed E-state index contributed by atoms with van der Waals surface area (Å²) in [5, 5.41) is 1.20. The van der Waals surface area contributed by atoms with Crippen LogP contribution in [0.25, 0.3) is 0 Å². The fourth-order valence-corrected chi connectivity index (χ4v) is 1.59. The van der Waals surface area contributed by atoms with Gasteiger partial charge in [0.05, 0.1) is 0 Å². The third-order valence-electron chi connectivity index (χ3n) is 0.891. The number of hydrogen-bond acceptors (Lipinski definition) is 1. The van der Waals surface area contributed by atoms with Gasteiger partial charge in [-0.05, 0) is 0 Å². The normalized spacial score (nSPS) is 9.62. The van der Waals surface area contributed by atoms with Crippen LogP contribution >= 0.6 is 0 Å². The molecule has 0 aromatic carbocycles. The van der Waals surface area contributed by atoms with Crippen molar-refractivity contribution in [1.82, 2.24) is 0 Å². The van der Waals surface area contributed by atoms with Crippen LogP contribution in [0.3, 0.4) is 0 Å². The van der Waals surface area contributed by atoms with Gasteiger partial charge in [-0.3, -0.25) is 0 Å². The zero-order chi connectivity index (χ0) is 5.82. The molecular weight excluding hydrogens is 167 g/mol. The van der Waals surface area contributed by atoms with Gasteiger partial charge >= 0.3 is 54.7 Å². The van der Waals surface area contributed by atoms with E-state index in [1.165, 1.54) is 10.9 Å². The summed E-state index contributed by atoms with van der Waals surface area (Å²) in [6.07, 6.45) is 3.53. The summed E-state index contributed by atoms with van der Waals surface area (Å²) in [4.78, 5) is 0. The van der Waals surface area contributed by atoms with E-state index in [1.54, 1.807) is 6.26 Å². The van der Waals surface area contributed by atoms with Crippen LogP contribution in [-0.2, 0) is 5.32 Å². The van der Waals surface area contributed by atoms with Crippen LogP contribution in [0.1, 0.15) is 5.56 Å². The SMILES string of the molecule is C[Se]Cc1ccoc1. The van der Waals surface area contributed by atoms with Crippen LogP contribution < -0.4 is 0 Å². The monoisotopic (exact) mass is 176 g/mol. The molecule has 0 radical (unpaired) electrons. The van der Waals surface area contributed by atoms with E-state index in [0.29, 0.717) is 0 Å². The molecule has 0 unspecified atom stereocenters. The first-order chi connectivity index (χ1) is 3.93. The van der Waals surface area contributed by atoms with Crippen LogP contribution in [0.5, 0.6) is 0 Å². The van der Waals surface area contributed by atoms with Crippen LogP contribution in [-0.4, -0.2) is 15.0 Å². The first kappa shape index (κ1) is 5.93. The Morgan fingerprint density at radius 1 is 1.75 bits per heavy atom. The topological polar surface area (TPSA) is 13.1 Å². The van der Waals surface area contributed by atoms with Crippen LogP contribution in [0.15, 0.2) is 23.0 Å². The van der Waals surface area contributed by atoms with Crippen LogP contribution in [0.2, 0.25) is 5.82 Å². The molecule has 2 heteroatoms. The van der Waals surface area contributed by atoms with Crippen LogP contribution in [0, 0.1) is 0 Å². The molecule has 0 amide bonds. The van der Waals surface area contributed by atoms with Gasteiger partial charge in [0.25, 0.3) is 0 Å². The Kier molecular flexibility index (Phi) is 2.19. The molecule has 0 aliphatic heterocycles. The standard InChI is InChI=1S/C6H8OSe/c1-8-5-6-2-3-7-4-6/h2-4H,5H2,1H3. The summed E-state index contributed by atoms with van der Waals surface area (Å²) in [5.74, 6) is 2.22. The zero-order valence-corrected chi connectivity index (χ0v) is 6.47. The average molecular weight is 175 g/mol. The molecule has 1 rings (SSSR count). The third kappa shape index (κ3) is 1.39. The van der Waals surface area contributed by atoms with E-state index in [4.69, 9.17) is 4.42 Å². The molecule has 0 saturated heterocycles. The van der Waals surface area contributed by atoms with Crippen molar-refractivity contribution in [2.45, 2.75) is 11.1 Å². The summed E-state index contributed by atoms with van der Waals surface area (Å²) in [7, 11) is 0. The number of rotatable bonds is 2. The summed E-state index contributed by atoms with van der Waals surface area (Å²) >= 11 is 0.740. The molecular formula is C6H8OSe. The summed E-state index contributed by atoms with van der Waals surface area (Å²) in [6.45, 7) is 0. The zero-order valence-electron chi connectivity index (χ0n) is 4.76. The Morgan fingerprint density at radius 2 is 2.62 bits per heavy atom. The van der Waals surface area contributed by atoms with E-state index >= 15 is 0 Å². The molecule has 8 heavy (non-hydrogen) atoms. The molecule has 44 valence electrons. The Bertz CT molecular complexity index is 134. The van der Waals surface area contributed by atoms with Gasteiger partial charge in [-0.25, -0.2) is 0 Å². The molecule has 0 aliphatic rings. The van der Waals surface area contributed by atoms with Crippen LogP contribution in [0.4, 0.5) is 0 Å². The fraction of sp³-hybridized carbons (Fsp3) is 0.333. The van der Waals surface area contributed by atoms with E-state index in [2.05, 4.69) is 5.82 Å². The van der Waals surface area contributed by atoms with E-state index in [-0.39, 0.29) is 0 Å². The predicted molar refractivity (Wildman–Crippen MR) is 34.0 cm³/mol. The van der Waals surface area contributed by atoms with Crippen molar-refractivity contribution in [3.63, 3.8) is 0 Å². The number of furan rings is 1. The molecule has 0 aliphatic carbocycles. The second-order valence-electron chi connectivity index (χ2n) is 1.56. The Balaban J connectivity index is 2.50. The van der Waals surface area contributed by atoms with Crippen molar-refractivity contribution in [2.24, 2.45) is 0 Å². The molecule has 0 saturated carbocycles. The van der Waals surface area contributed by atoms with Gasteiger partial charge in [0, 0.05) is 0 Å². The second-order valence-corrected chi connectivity index (χ2v) is 3.38. The summed E-state index contributed by atoms with van der Waals surface area (Å²) in [6, 6.07) is 2.02. The molecule has 1 nitrogen and oxygen atoms in total. The molecule has 0 N–H and O–H groups in total. The Labute approximate surface area is 55.2 Å². The maximum atomic E-state index is 4.88. The molecule has 0 spiro atoms. The van der Waals surface area contributed by atoms with E-state index in [0.717, 1.165) is 15.0 Å². The fourth-order valence-electron chi connectivity index (χ4n) is 0.541. The first-order valence-electron chi connectivity index (χ1n) is 2.43. The molecule has 0 atom stereocenters. The second kappa shape index (κ2) is 2.95. The van der Waals surface area contributed by atoms with Gasteiger partial charge < -0.3 is 0 Å². The average Bonchev–Trinajstić information content (AvgIpc) is 2.19. The van der Waals surface area contributed by atoms with Crippen molar-refractivity contribution in [3.8, 4) is 0 Å². The van der Waals surface area contributed by atoms with Crippen molar-refractivity contribution >= 4 is 15.0 Å². The molecule has 1 aromatic heterocycles. The van der Waals surface area contributed by atoms with Gasteiger partial charge in [0.2, 0.25) is 0 Å². The van der Waals surface area contributed by atoms with Crippen molar-refractivity contribution in [3.05, 3.63) is 24.2 Å². The molecule has 0 fully saturated rings. The minimum atomic E-state index is 0.740. The summed E-state index contributed by atoms with van der Waals surface area (Å²) < 4.78 is 4.88. The van der Waals surface area contributed by atoms with E-state index in [9.17, 15) is 0 Å². The quantitative estimate of drug-likeness (QED) is 0.621. The molecule has 1 aromatic rings. The minimum absolute atomic E-state index is 0.740. The van der Waals surface area contributed by atoms with Gasteiger partial charge in [-0.1, -0.05) is 0 Å². The van der Waals surface area contributed by atoms with Crippen molar-refractivity contribution in [2.75, 3.05) is 0 Å². The summed E-state index contributed by atoms with van der Waals surface area (Å²) in [5.41, 5.74) is 1.33. The van der Waals surface area contributed by atoms with E-state index in [1.807, 2.05) is 12.3 Å². The van der Waals surface area contributed by atoms with Crippen molar-refractivity contribution < 1.29 is 4.42 Å². The van der Waals surface area contributed by atoms with E-state index < -0.39 is 0 Å². The first-order valence-corrected chi connectivity index (χ1v) is 5.36. The molecule has 1 heterocycles. The predicted octanol–water partition coefficient (Wildman–Crippen LogP) is 1.53. The number of hydrogen-bond donors (Lipinski definition) is 0. The van der Waals surface area contributed by atoms with Gasteiger partial charge in [0.1, 0.15) is 0 Å². The van der Waals surface area contributed by atoms with Crippen molar-refractivity contribution in [1.29, 1.82) is 0 Å². The maximum absolute atomic E-state index is 4.88. The Morgan fingerprint density at radius 3 is 3.12 bits per heavy atom. The van der Waals surface area contributed by atoms with Gasteiger partial charge in [0.15, 0.2) is 0 Å². The van der Waals surface area contributed by atoms with Gasteiger partial charge in [-0.2, -0.15) is 0 Å².